The second-order valence-corrected chi connectivity index (χ2v) is 9.31. The summed E-state index contributed by atoms with van der Waals surface area (Å²) in [5.41, 5.74) is 2.39. The first kappa shape index (κ1) is 25.3. The smallest absolute Gasteiger partial charge is 0.246 e. The fourth-order valence-electron chi connectivity index (χ4n) is 4.63. The summed E-state index contributed by atoms with van der Waals surface area (Å²) in [5.74, 6) is 1.32. The summed E-state index contributed by atoms with van der Waals surface area (Å²) in [5, 5.41) is 2.94. The standard InChI is InChI=1S/C28H34N4O4/c1-19(2)31(27(34)21-12-8-9-13-21)18-26(33)30-28-29-23(20-10-6-5-7-11-20)17-32(28)22-14-15-24(35-3)25(16-22)36-4/h5-7,10-11,14-17,19,21H,8-9,12-13,18H2,1-4H3,(H,29,30,33). The minimum absolute atomic E-state index is 0.0126. The average Bonchev–Trinajstić information content (AvgIpc) is 3.57. The summed E-state index contributed by atoms with van der Waals surface area (Å²) in [6.45, 7) is 3.86. The van der Waals surface area contributed by atoms with Crippen LogP contribution in [0.3, 0.4) is 0 Å². The Morgan fingerprint density at radius 2 is 1.75 bits per heavy atom. The molecule has 1 aliphatic rings. The fourth-order valence-corrected chi connectivity index (χ4v) is 4.63. The van der Waals surface area contributed by atoms with Crippen molar-refractivity contribution in [3.05, 3.63) is 54.7 Å². The molecular weight excluding hydrogens is 456 g/mol. The predicted molar refractivity (Wildman–Crippen MR) is 140 cm³/mol. The van der Waals surface area contributed by atoms with E-state index in [0.717, 1.165) is 36.9 Å². The number of nitrogens with zero attached hydrogens (tertiary/aromatic N) is 3. The van der Waals surface area contributed by atoms with Crippen LogP contribution in [-0.4, -0.2) is 53.1 Å². The van der Waals surface area contributed by atoms with Gasteiger partial charge in [0.25, 0.3) is 0 Å². The van der Waals surface area contributed by atoms with Crippen LogP contribution in [0.5, 0.6) is 11.5 Å². The molecule has 0 bridgehead atoms. The molecule has 0 aliphatic heterocycles. The van der Waals surface area contributed by atoms with Gasteiger partial charge >= 0.3 is 0 Å². The van der Waals surface area contributed by atoms with Gasteiger partial charge in [0.1, 0.15) is 6.54 Å². The van der Waals surface area contributed by atoms with E-state index in [1.165, 1.54) is 0 Å². The molecule has 1 heterocycles. The number of anilines is 1. The molecule has 0 radical (unpaired) electrons. The van der Waals surface area contributed by atoms with Crippen LogP contribution >= 0.6 is 0 Å². The lowest BCUT2D eigenvalue weighted by Crippen LogP contribution is -2.45. The molecule has 8 nitrogen and oxygen atoms in total. The fraction of sp³-hybridized carbons (Fsp3) is 0.393. The zero-order valence-corrected chi connectivity index (χ0v) is 21.4. The minimum Gasteiger partial charge on any atom is -0.493 e. The molecule has 1 saturated carbocycles. The number of amides is 2. The highest BCUT2D eigenvalue weighted by Crippen LogP contribution is 2.32. The summed E-state index contributed by atoms with van der Waals surface area (Å²) >= 11 is 0. The molecule has 2 aromatic carbocycles. The van der Waals surface area contributed by atoms with E-state index in [9.17, 15) is 9.59 Å². The number of nitrogens with one attached hydrogen (secondary N) is 1. The van der Waals surface area contributed by atoms with Crippen LogP contribution in [0.4, 0.5) is 5.95 Å². The molecule has 1 aromatic heterocycles. The van der Waals surface area contributed by atoms with Gasteiger partial charge < -0.3 is 14.4 Å². The Kier molecular flexibility index (Phi) is 7.93. The summed E-state index contributed by atoms with van der Waals surface area (Å²) in [4.78, 5) is 32.7. The third-order valence-electron chi connectivity index (χ3n) is 6.60. The molecule has 0 unspecified atom stereocenters. The lowest BCUT2D eigenvalue weighted by Gasteiger charge is -2.28. The number of rotatable bonds is 9. The van der Waals surface area contributed by atoms with E-state index >= 15 is 0 Å². The number of methoxy groups -OCH3 is 2. The second kappa shape index (κ2) is 11.3. The molecule has 190 valence electrons. The van der Waals surface area contributed by atoms with Crippen LogP contribution in [0.2, 0.25) is 0 Å². The van der Waals surface area contributed by atoms with Gasteiger partial charge in [0, 0.05) is 29.8 Å². The third-order valence-corrected chi connectivity index (χ3v) is 6.60. The van der Waals surface area contributed by atoms with Crippen LogP contribution in [0.1, 0.15) is 39.5 Å². The van der Waals surface area contributed by atoms with Crippen LogP contribution in [0.25, 0.3) is 16.9 Å². The lowest BCUT2D eigenvalue weighted by atomic mass is 10.1. The quantitative estimate of drug-likeness (QED) is 0.460. The number of hydrogen-bond acceptors (Lipinski definition) is 5. The first-order valence-electron chi connectivity index (χ1n) is 12.4. The normalized spacial score (nSPS) is 13.6. The maximum absolute atomic E-state index is 13.2. The predicted octanol–water partition coefficient (Wildman–Crippen LogP) is 4.92. The zero-order valence-electron chi connectivity index (χ0n) is 21.4. The minimum atomic E-state index is -0.290. The van der Waals surface area contributed by atoms with Crippen LogP contribution in [-0.2, 0) is 9.59 Å². The first-order chi connectivity index (χ1) is 17.4. The van der Waals surface area contributed by atoms with Gasteiger partial charge in [0.15, 0.2) is 11.5 Å². The molecule has 36 heavy (non-hydrogen) atoms. The summed E-state index contributed by atoms with van der Waals surface area (Å²) in [7, 11) is 3.16. The van der Waals surface area contributed by atoms with Crippen molar-refractivity contribution in [2.45, 2.75) is 45.6 Å². The zero-order chi connectivity index (χ0) is 25.7. The lowest BCUT2D eigenvalue weighted by molar-refractivity contribution is -0.140. The maximum Gasteiger partial charge on any atom is 0.246 e. The van der Waals surface area contributed by atoms with E-state index in [1.54, 1.807) is 23.7 Å². The van der Waals surface area contributed by atoms with E-state index in [1.807, 2.05) is 68.6 Å². The Hall–Kier alpha value is -3.81. The maximum atomic E-state index is 13.2. The van der Waals surface area contributed by atoms with E-state index in [4.69, 9.17) is 14.5 Å². The van der Waals surface area contributed by atoms with Crippen molar-refractivity contribution in [1.29, 1.82) is 0 Å². The molecule has 4 rings (SSSR count). The molecule has 2 amide bonds. The number of aromatic nitrogens is 2. The first-order valence-corrected chi connectivity index (χ1v) is 12.4. The van der Waals surface area contributed by atoms with E-state index in [-0.39, 0.29) is 30.3 Å². The van der Waals surface area contributed by atoms with Crippen molar-refractivity contribution in [2.24, 2.45) is 5.92 Å². The number of carbonyl (C=O) groups excluding carboxylic acids is 2. The van der Waals surface area contributed by atoms with Gasteiger partial charge in [-0.1, -0.05) is 43.2 Å². The van der Waals surface area contributed by atoms with Crippen molar-refractivity contribution in [2.75, 3.05) is 26.1 Å². The Morgan fingerprint density at radius 3 is 2.39 bits per heavy atom. The highest BCUT2D eigenvalue weighted by molar-refractivity contribution is 5.94. The van der Waals surface area contributed by atoms with Gasteiger partial charge in [-0.2, -0.15) is 0 Å². The van der Waals surface area contributed by atoms with Gasteiger partial charge in [-0.25, -0.2) is 4.98 Å². The summed E-state index contributed by atoms with van der Waals surface area (Å²) in [6, 6.07) is 15.2. The molecule has 0 saturated heterocycles. The van der Waals surface area contributed by atoms with Gasteiger partial charge in [-0.15, -0.1) is 0 Å². The molecule has 0 spiro atoms. The number of imidazole rings is 1. The summed E-state index contributed by atoms with van der Waals surface area (Å²) in [6.07, 6.45) is 5.80. The van der Waals surface area contributed by atoms with Gasteiger partial charge in [-0.05, 0) is 38.8 Å². The second-order valence-electron chi connectivity index (χ2n) is 9.31. The molecular formula is C28H34N4O4. The van der Waals surface area contributed by atoms with Crippen molar-refractivity contribution in [3.8, 4) is 28.4 Å². The highest BCUT2D eigenvalue weighted by Gasteiger charge is 2.30. The van der Waals surface area contributed by atoms with Gasteiger partial charge in [-0.3, -0.25) is 19.5 Å². The van der Waals surface area contributed by atoms with Crippen LogP contribution in [0, 0.1) is 5.92 Å². The van der Waals surface area contributed by atoms with Crippen molar-refractivity contribution < 1.29 is 19.1 Å². The Balaban J connectivity index is 1.64. The van der Waals surface area contributed by atoms with Crippen LogP contribution in [0.15, 0.2) is 54.7 Å². The summed E-state index contributed by atoms with van der Waals surface area (Å²) < 4.78 is 12.7. The third kappa shape index (κ3) is 5.53. The monoisotopic (exact) mass is 490 g/mol. The molecule has 1 fully saturated rings. The number of ether oxygens (including phenoxy) is 2. The number of carbonyl (C=O) groups is 2. The molecule has 0 atom stereocenters. The van der Waals surface area contributed by atoms with Crippen molar-refractivity contribution >= 4 is 17.8 Å². The molecule has 3 aromatic rings. The van der Waals surface area contributed by atoms with E-state index in [2.05, 4.69) is 5.32 Å². The largest absolute Gasteiger partial charge is 0.493 e. The highest BCUT2D eigenvalue weighted by atomic mass is 16.5. The Bertz CT molecular complexity index is 1200. The van der Waals surface area contributed by atoms with Crippen LogP contribution < -0.4 is 14.8 Å². The Morgan fingerprint density at radius 1 is 1.06 bits per heavy atom. The van der Waals surface area contributed by atoms with Crippen molar-refractivity contribution in [3.63, 3.8) is 0 Å². The molecule has 8 heteroatoms. The van der Waals surface area contributed by atoms with Gasteiger partial charge in [0.05, 0.1) is 25.6 Å². The SMILES string of the molecule is COc1ccc(-n2cc(-c3ccccc3)nc2NC(=O)CN(C(=O)C2CCCC2)C(C)C)cc1OC. The van der Waals surface area contributed by atoms with Gasteiger partial charge in [0.2, 0.25) is 17.8 Å². The Labute approximate surface area is 212 Å². The van der Waals surface area contributed by atoms with Crippen molar-refractivity contribution in [1.82, 2.24) is 14.5 Å². The van der Waals surface area contributed by atoms with E-state index in [0.29, 0.717) is 23.1 Å². The molecule has 1 aliphatic carbocycles. The number of hydrogen-bond donors (Lipinski definition) is 1. The average molecular weight is 491 g/mol. The number of benzene rings is 2. The topological polar surface area (TPSA) is 85.7 Å². The molecule has 1 N–H and O–H groups in total. The van der Waals surface area contributed by atoms with E-state index < -0.39 is 0 Å².